The van der Waals surface area contributed by atoms with E-state index in [-0.39, 0.29) is 17.1 Å². The minimum atomic E-state index is -2.81. The van der Waals surface area contributed by atoms with Crippen molar-refractivity contribution < 1.29 is 13.6 Å². The number of alkyl halides is 2. The van der Waals surface area contributed by atoms with Crippen LogP contribution in [0.4, 0.5) is 8.78 Å². The molecule has 19 heavy (non-hydrogen) atoms. The molecule has 2 aliphatic carbocycles. The number of carbonyl (C=O) groups excluding carboxylic acids is 1. The van der Waals surface area contributed by atoms with E-state index < -0.39 is 5.92 Å². The number of hydrogen-bond acceptors (Lipinski definition) is 1. The van der Waals surface area contributed by atoms with Gasteiger partial charge < -0.3 is 4.79 Å². The van der Waals surface area contributed by atoms with Crippen molar-refractivity contribution in [3.05, 3.63) is 46.6 Å². The monoisotopic (exact) mass is 264 g/mol. The lowest BCUT2D eigenvalue weighted by atomic mass is 9.95. The molecule has 102 valence electrons. The van der Waals surface area contributed by atoms with Gasteiger partial charge in [-0.1, -0.05) is 31.2 Å². The summed E-state index contributed by atoms with van der Waals surface area (Å²) in [5.41, 5.74) is 1.66. The van der Waals surface area contributed by atoms with Crippen LogP contribution in [-0.4, -0.2) is 12.2 Å². The molecule has 0 bridgehead atoms. The number of aldehydes is 1. The summed E-state index contributed by atoms with van der Waals surface area (Å²) in [6.45, 7) is 3.40. The van der Waals surface area contributed by atoms with Gasteiger partial charge in [0.1, 0.15) is 6.29 Å². The number of hydrogen-bond donors (Lipinski definition) is 0. The van der Waals surface area contributed by atoms with Crippen LogP contribution in [0.3, 0.4) is 0 Å². The Kier molecular flexibility index (Phi) is 3.83. The van der Waals surface area contributed by atoms with Crippen molar-refractivity contribution in [3.8, 4) is 0 Å². The Hall–Kier alpha value is -1.51. The van der Waals surface area contributed by atoms with E-state index in [1.54, 1.807) is 12.2 Å². The number of allylic oxidation sites excluding steroid dienone is 8. The van der Waals surface area contributed by atoms with Gasteiger partial charge in [-0.3, -0.25) is 0 Å². The molecule has 2 aliphatic rings. The summed E-state index contributed by atoms with van der Waals surface area (Å²) < 4.78 is 28.3. The van der Waals surface area contributed by atoms with Crippen LogP contribution >= 0.6 is 0 Å². The maximum absolute atomic E-state index is 14.2. The minimum Gasteiger partial charge on any atom is -0.303 e. The molecule has 0 N–H and O–H groups in total. The van der Waals surface area contributed by atoms with Crippen molar-refractivity contribution in [3.63, 3.8) is 0 Å². The average Bonchev–Trinajstić information content (AvgIpc) is 2.57. The molecule has 1 unspecified atom stereocenters. The zero-order valence-electron chi connectivity index (χ0n) is 11.2. The third-order valence-electron chi connectivity index (χ3n) is 3.77. The fourth-order valence-corrected chi connectivity index (χ4v) is 2.55. The highest BCUT2D eigenvalue weighted by molar-refractivity contribution is 5.63. The predicted molar refractivity (Wildman–Crippen MR) is 72.0 cm³/mol. The molecule has 0 saturated heterocycles. The SMILES string of the molecule is CC1=C(/C=C\C(C)CC=O)C2=C(CCC=C2)C1(F)F. The van der Waals surface area contributed by atoms with E-state index in [2.05, 4.69) is 0 Å². The molecular formula is C16H18F2O. The van der Waals surface area contributed by atoms with Gasteiger partial charge >= 0.3 is 0 Å². The lowest BCUT2D eigenvalue weighted by Gasteiger charge is -2.17. The lowest BCUT2D eigenvalue weighted by molar-refractivity contribution is -0.108. The van der Waals surface area contributed by atoms with E-state index in [1.165, 1.54) is 6.92 Å². The molecule has 1 atom stereocenters. The second kappa shape index (κ2) is 5.24. The van der Waals surface area contributed by atoms with E-state index in [1.807, 2.05) is 19.1 Å². The van der Waals surface area contributed by atoms with Crippen LogP contribution in [0.5, 0.6) is 0 Å². The lowest BCUT2D eigenvalue weighted by Crippen LogP contribution is -2.18. The Labute approximate surface area is 112 Å². The normalized spacial score (nSPS) is 23.2. The summed E-state index contributed by atoms with van der Waals surface area (Å²) in [6.07, 6.45) is 9.70. The first-order valence-corrected chi connectivity index (χ1v) is 6.60. The van der Waals surface area contributed by atoms with E-state index in [0.29, 0.717) is 30.4 Å². The minimum absolute atomic E-state index is 0.0728. The zero-order chi connectivity index (χ0) is 14.0. The summed E-state index contributed by atoms with van der Waals surface area (Å²) >= 11 is 0. The number of carbonyl (C=O) groups is 1. The fraction of sp³-hybridized carbons (Fsp3) is 0.438. The highest BCUT2D eigenvalue weighted by Gasteiger charge is 2.44. The van der Waals surface area contributed by atoms with Gasteiger partial charge in [-0.05, 0) is 36.8 Å². The first kappa shape index (κ1) is 13.9. The van der Waals surface area contributed by atoms with Crippen molar-refractivity contribution in [1.29, 1.82) is 0 Å². The predicted octanol–water partition coefficient (Wildman–Crippen LogP) is 4.38. The van der Waals surface area contributed by atoms with E-state index in [9.17, 15) is 13.6 Å². The van der Waals surface area contributed by atoms with Gasteiger partial charge in [-0.15, -0.1) is 0 Å². The Morgan fingerprint density at radius 1 is 1.47 bits per heavy atom. The van der Waals surface area contributed by atoms with Crippen LogP contribution in [0.15, 0.2) is 46.6 Å². The molecule has 0 aromatic heterocycles. The van der Waals surface area contributed by atoms with Crippen LogP contribution < -0.4 is 0 Å². The molecule has 0 amide bonds. The molecule has 0 aliphatic heterocycles. The summed E-state index contributed by atoms with van der Waals surface area (Å²) in [5.74, 6) is -2.74. The van der Waals surface area contributed by atoms with E-state index in [0.717, 1.165) is 6.29 Å². The molecule has 0 fully saturated rings. The molecule has 0 saturated carbocycles. The van der Waals surface area contributed by atoms with Crippen LogP contribution in [0.1, 0.15) is 33.1 Å². The second-order valence-electron chi connectivity index (χ2n) is 5.19. The molecule has 0 radical (unpaired) electrons. The van der Waals surface area contributed by atoms with Crippen LogP contribution in [0.2, 0.25) is 0 Å². The van der Waals surface area contributed by atoms with Crippen molar-refractivity contribution >= 4 is 6.29 Å². The smallest absolute Gasteiger partial charge is 0.292 e. The number of rotatable bonds is 4. The Morgan fingerprint density at radius 2 is 2.21 bits per heavy atom. The molecular weight excluding hydrogens is 246 g/mol. The van der Waals surface area contributed by atoms with Gasteiger partial charge in [0.15, 0.2) is 0 Å². The third-order valence-corrected chi connectivity index (χ3v) is 3.77. The van der Waals surface area contributed by atoms with Gasteiger partial charge in [0.2, 0.25) is 0 Å². The molecule has 3 heteroatoms. The first-order valence-electron chi connectivity index (χ1n) is 6.60. The third kappa shape index (κ3) is 2.46. The molecule has 0 spiro atoms. The van der Waals surface area contributed by atoms with Gasteiger partial charge in [-0.2, -0.15) is 8.78 Å². The highest BCUT2D eigenvalue weighted by atomic mass is 19.3. The van der Waals surface area contributed by atoms with Crippen molar-refractivity contribution in [2.75, 3.05) is 0 Å². The second-order valence-corrected chi connectivity index (χ2v) is 5.19. The molecule has 0 aromatic rings. The van der Waals surface area contributed by atoms with Crippen molar-refractivity contribution in [2.45, 2.75) is 39.0 Å². The van der Waals surface area contributed by atoms with Crippen LogP contribution in [0, 0.1) is 5.92 Å². The molecule has 1 nitrogen and oxygen atoms in total. The van der Waals surface area contributed by atoms with Crippen molar-refractivity contribution in [1.82, 2.24) is 0 Å². The summed E-state index contributed by atoms with van der Waals surface area (Å²) in [6, 6.07) is 0. The van der Waals surface area contributed by atoms with Crippen LogP contribution in [-0.2, 0) is 4.79 Å². The maximum atomic E-state index is 14.2. The zero-order valence-corrected chi connectivity index (χ0v) is 11.2. The maximum Gasteiger partial charge on any atom is 0.292 e. The Bertz CT molecular complexity index is 507. The molecule has 0 heterocycles. The quantitative estimate of drug-likeness (QED) is 0.689. The summed E-state index contributed by atoms with van der Waals surface area (Å²) in [4.78, 5) is 10.4. The van der Waals surface area contributed by atoms with Gasteiger partial charge in [-0.25, -0.2) is 0 Å². The fourth-order valence-electron chi connectivity index (χ4n) is 2.55. The first-order chi connectivity index (χ1) is 8.98. The Morgan fingerprint density at radius 3 is 2.89 bits per heavy atom. The highest BCUT2D eigenvalue weighted by Crippen LogP contribution is 2.48. The molecule has 0 aromatic carbocycles. The van der Waals surface area contributed by atoms with Crippen LogP contribution in [0.25, 0.3) is 0 Å². The van der Waals surface area contributed by atoms with Gasteiger partial charge in [0.25, 0.3) is 5.92 Å². The van der Waals surface area contributed by atoms with Gasteiger partial charge in [0, 0.05) is 17.6 Å². The Balaban J connectivity index is 2.33. The van der Waals surface area contributed by atoms with E-state index in [4.69, 9.17) is 0 Å². The number of halogens is 2. The largest absolute Gasteiger partial charge is 0.303 e. The van der Waals surface area contributed by atoms with Gasteiger partial charge in [0.05, 0.1) is 0 Å². The standard InChI is InChI=1S/C16H18F2O/c1-11(9-10-19)7-8-13-12(2)16(17,18)15-6-4-3-5-14(13)15/h3,5,7-8,10-11H,4,6,9H2,1-2H3/b8-7-. The average molecular weight is 264 g/mol. The van der Waals surface area contributed by atoms with Crippen molar-refractivity contribution in [2.24, 2.45) is 5.92 Å². The summed E-state index contributed by atoms with van der Waals surface area (Å²) in [5, 5.41) is 0. The molecule has 2 rings (SSSR count). The van der Waals surface area contributed by atoms with E-state index >= 15 is 0 Å². The summed E-state index contributed by atoms with van der Waals surface area (Å²) in [7, 11) is 0. The topological polar surface area (TPSA) is 17.1 Å².